The van der Waals surface area contributed by atoms with E-state index in [1.165, 1.54) is 63.7 Å². The summed E-state index contributed by atoms with van der Waals surface area (Å²) < 4.78 is 5.43. The number of methoxy groups -OCH3 is 1. The zero-order valence-electron chi connectivity index (χ0n) is 14.0. The molecule has 0 spiro atoms. The zero-order valence-corrected chi connectivity index (χ0v) is 14.0. The number of hydrogen-bond acceptors (Lipinski definition) is 2. The van der Waals surface area contributed by atoms with E-state index in [1.807, 2.05) is 0 Å². The number of ether oxygens (including phenoxy) is 1. The minimum atomic E-state index is 0.343. The quantitative estimate of drug-likeness (QED) is 0.647. The van der Waals surface area contributed by atoms with Crippen LogP contribution in [0.4, 0.5) is 0 Å². The number of hydrogen-bond donors (Lipinski definition) is 0. The molecule has 0 saturated carbocycles. The molecule has 1 saturated heterocycles. The number of unbranched alkanes of at least 4 members (excludes halogenated alkanes) is 2. The maximum Gasteiger partial charge on any atom is 0.119 e. The summed E-state index contributed by atoms with van der Waals surface area (Å²) in [5, 5.41) is 0. The second kappa shape index (κ2) is 7.84. The Labute approximate surface area is 130 Å². The van der Waals surface area contributed by atoms with Crippen LogP contribution in [-0.2, 0) is 5.41 Å². The van der Waals surface area contributed by atoms with Crippen molar-refractivity contribution >= 4 is 0 Å². The Morgan fingerprint density at radius 2 is 2.05 bits per heavy atom. The van der Waals surface area contributed by atoms with E-state index in [-0.39, 0.29) is 0 Å². The summed E-state index contributed by atoms with van der Waals surface area (Å²) in [5.41, 5.74) is 1.82. The van der Waals surface area contributed by atoms with Crippen molar-refractivity contribution in [3.8, 4) is 5.75 Å². The van der Waals surface area contributed by atoms with E-state index in [9.17, 15) is 0 Å². The highest BCUT2D eigenvalue weighted by atomic mass is 16.5. The summed E-state index contributed by atoms with van der Waals surface area (Å²) in [7, 11) is 1.76. The molecule has 118 valence electrons. The van der Waals surface area contributed by atoms with Crippen LogP contribution in [0.25, 0.3) is 0 Å². The molecule has 2 nitrogen and oxygen atoms in total. The Morgan fingerprint density at radius 3 is 2.76 bits per heavy atom. The largest absolute Gasteiger partial charge is 0.497 e. The highest BCUT2D eigenvalue weighted by Gasteiger charge is 2.38. The van der Waals surface area contributed by atoms with Gasteiger partial charge in [0.1, 0.15) is 5.75 Å². The van der Waals surface area contributed by atoms with Crippen molar-refractivity contribution < 1.29 is 4.74 Å². The van der Waals surface area contributed by atoms with Crippen LogP contribution in [0.2, 0.25) is 0 Å². The highest BCUT2D eigenvalue weighted by molar-refractivity contribution is 5.35. The fraction of sp³-hybridized carbons (Fsp3) is 0.684. The molecular weight excluding hydrogens is 258 g/mol. The van der Waals surface area contributed by atoms with Crippen molar-refractivity contribution in [3.05, 3.63) is 29.8 Å². The Kier molecular flexibility index (Phi) is 6.10. The third-order valence-electron chi connectivity index (χ3n) is 4.92. The third kappa shape index (κ3) is 4.00. The van der Waals surface area contributed by atoms with E-state index in [0.717, 1.165) is 5.75 Å². The summed E-state index contributed by atoms with van der Waals surface area (Å²) >= 11 is 0. The highest BCUT2D eigenvalue weighted by Crippen LogP contribution is 2.39. The second-order valence-electron chi connectivity index (χ2n) is 6.50. The minimum absolute atomic E-state index is 0.343. The molecule has 1 aromatic carbocycles. The third-order valence-corrected chi connectivity index (χ3v) is 4.92. The molecule has 0 aliphatic carbocycles. The Hall–Kier alpha value is -1.02. The van der Waals surface area contributed by atoms with Gasteiger partial charge in [-0.3, -0.25) is 0 Å². The first-order chi connectivity index (χ1) is 10.2. The predicted molar refractivity (Wildman–Crippen MR) is 90.2 cm³/mol. The van der Waals surface area contributed by atoms with Gasteiger partial charge in [-0.1, -0.05) is 45.2 Å². The smallest absolute Gasteiger partial charge is 0.119 e. The van der Waals surface area contributed by atoms with Gasteiger partial charge >= 0.3 is 0 Å². The van der Waals surface area contributed by atoms with Crippen molar-refractivity contribution in [1.29, 1.82) is 0 Å². The fourth-order valence-corrected chi connectivity index (χ4v) is 3.75. The molecule has 1 aromatic rings. The molecule has 1 heterocycles. The van der Waals surface area contributed by atoms with Crippen molar-refractivity contribution in [2.24, 2.45) is 0 Å². The Bertz CT molecular complexity index is 431. The number of rotatable bonds is 8. The second-order valence-corrected chi connectivity index (χ2v) is 6.50. The van der Waals surface area contributed by atoms with Gasteiger partial charge in [0.2, 0.25) is 0 Å². The molecule has 0 unspecified atom stereocenters. The molecule has 1 fully saturated rings. The van der Waals surface area contributed by atoms with Crippen LogP contribution in [0.1, 0.15) is 57.9 Å². The molecule has 0 bridgehead atoms. The number of benzene rings is 1. The molecule has 0 amide bonds. The topological polar surface area (TPSA) is 12.5 Å². The van der Waals surface area contributed by atoms with Gasteiger partial charge in [0.05, 0.1) is 7.11 Å². The lowest BCUT2D eigenvalue weighted by Gasteiger charge is -2.30. The van der Waals surface area contributed by atoms with E-state index in [2.05, 4.69) is 43.0 Å². The summed E-state index contributed by atoms with van der Waals surface area (Å²) in [6.07, 6.45) is 7.83. The van der Waals surface area contributed by atoms with E-state index >= 15 is 0 Å². The molecule has 0 N–H and O–H groups in total. The molecule has 2 rings (SSSR count). The first-order valence-electron chi connectivity index (χ1n) is 8.61. The van der Waals surface area contributed by atoms with Gasteiger partial charge in [0, 0.05) is 12.0 Å². The van der Waals surface area contributed by atoms with Crippen LogP contribution in [-0.4, -0.2) is 31.6 Å². The molecule has 1 atom stereocenters. The molecule has 0 radical (unpaired) electrons. The van der Waals surface area contributed by atoms with Gasteiger partial charge in [-0.25, -0.2) is 0 Å². The van der Waals surface area contributed by atoms with Crippen LogP contribution < -0.4 is 4.74 Å². The van der Waals surface area contributed by atoms with Gasteiger partial charge < -0.3 is 9.64 Å². The number of likely N-dealkylation sites (tertiary alicyclic amines) is 1. The lowest BCUT2D eigenvalue weighted by molar-refractivity contribution is 0.294. The Balaban J connectivity index is 2.10. The lowest BCUT2D eigenvalue weighted by Crippen LogP contribution is -2.31. The van der Waals surface area contributed by atoms with E-state index in [4.69, 9.17) is 4.74 Å². The SMILES string of the molecule is CCCCCN1CC[C@](CCC)(c2cccc(OC)c2)C1. The van der Waals surface area contributed by atoms with Crippen LogP contribution >= 0.6 is 0 Å². The predicted octanol–water partition coefficient (Wildman–Crippen LogP) is 4.63. The van der Waals surface area contributed by atoms with E-state index < -0.39 is 0 Å². The first kappa shape index (κ1) is 16.4. The molecule has 2 heteroatoms. The first-order valence-corrected chi connectivity index (χ1v) is 8.61. The Morgan fingerprint density at radius 1 is 1.19 bits per heavy atom. The average Bonchev–Trinajstić information content (AvgIpc) is 2.93. The maximum absolute atomic E-state index is 5.43. The van der Waals surface area contributed by atoms with Crippen molar-refractivity contribution in [2.75, 3.05) is 26.7 Å². The van der Waals surface area contributed by atoms with Gasteiger partial charge in [-0.2, -0.15) is 0 Å². The van der Waals surface area contributed by atoms with Crippen LogP contribution in [0.15, 0.2) is 24.3 Å². The molecule has 1 aliphatic rings. The fourth-order valence-electron chi connectivity index (χ4n) is 3.75. The van der Waals surface area contributed by atoms with Crippen molar-refractivity contribution in [3.63, 3.8) is 0 Å². The summed E-state index contributed by atoms with van der Waals surface area (Å²) in [4.78, 5) is 2.67. The zero-order chi connectivity index (χ0) is 15.1. The van der Waals surface area contributed by atoms with E-state index in [0.29, 0.717) is 5.41 Å². The van der Waals surface area contributed by atoms with Crippen LogP contribution in [0.3, 0.4) is 0 Å². The normalized spacial score (nSPS) is 22.6. The lowest BCUT2D eigenvalue weighted by atomic mass is 9.76. The maximum atomic E-state index is 5.43. The average molecular weight is 289 g/mol. The molecule has 0 aromatic heterocycles. The van der Waals surface area contributed by atoms with Crippen LogP contribution in [0, 0.1) is 0 Å². The van der Waals surface area contributed by atoms with Gasteiger partial charge in [-0.15, -0.1) is 0 Å². The van der Waals surface area contributed by atoms with Crippen molar-refractivity contribution in [1.82, 2.24) is 4.90 Å². The molecule has 1 aliphatic heterocycles. The van der Waals surface area contributed by atoms with Gasteiger partial charge in [-0.05, 0) is 50.0 Å². The van der Waals surface area contributed by atoms with Gasteiger partial charge in [0.25, 0.3) is 0 Å². The minimum Gasteiger partial charge on any atom is -0.497 e. The van der Waals surface area contributed by atoms with Crippen LogP contribution in [0.5, 0.6) is 5.75 Å². The number of nitrogens with zero attached hydrogens (tertiary/aromatic N) is 1. The molecular formula is C19H31NO. The monoisotopic (exact) mass is 289 g/mol. The standard InChI is InChI=1S/C19H31NO/c1-4-6-7-13-20-14-12-19(16-20,11-5-2)17-9-8-10-18(15-17)21-3/h8-10,15H,4-7,11-14,16H2,1-3H3/t19-/m0/s1. The van der Waals surface area contributed by atoms with Crippen molar-refractivity contribution in [2.45, 2.75) is 57.8 Å². The van der Waals surface area contributed by atoms with Gasteiger partial charge in [0.15, 0.2) is 0 Å². The summed E-state index contributed by atoms with van der Waals surface area (Å²) in [6.45, 7) is 8.32. The summed E-state index contributed by atoms with van der Waals surface area (Å²) in [5.74, 6) is 0.993. The summed E-state index contributed by atoms with van der Waals surface area (Å²) in [6, 6.07) is 8.75. The molecule has 21 heavy (non-hydrogen) atoms. The van der Waals surface area contributed by atoms with E-state index in [1.54, 1.807) is 7.11 Å².